The van der Waals surface area contributed by atoms with Gasteiger partial charge in [0.1, 0.15) is 5.82 Å². The van der Waals surface area contributed by atoms with Crippen LogP contribution in [0.4, 0.5) is 4.39 Å². The lowest BCUT2D eigenvalue weighted by atomic mass is 10.0. The fourth-order valence-electron chi connectivity index (χ4n) is 2.02. The first-order valence-corrected chi connectivity index (χ1v) is 5.45. The van der Waals surface area contributed by atoms with E-state index in [1.807, 2.05) is 13.1 Å². The van der Waals surface area contributed by atoms with Gasteiger partial charge in [-0.05, 0) is 31.2 Å². The molecule has 0 aliphatic carbocycles. The van der Waals surface area contributed by atoms with Gasteiger partial charge >= 0.3 is 0 Å². The van der Waals surface area contributed by atoms with Crippen molar-refractivity contribution in [2.75, 3.05) is 26.7 Å². The third kappa shape index (κ3) is 2.36. The second kappa shape index (κ2) is 4.73. The highest BCUT2D eigenvalue weighted by molar-refractivity contribution is 5.21. The molecule has 1 aromatic rings. The van der Waals surface area contributed by atoms with Crippen LogP contribution in [-0.4, -0.2) is 31.6 Å². The Kier molecular flexibility index (Phi) is 3.34. The summed E-state index contributed by atoms with van der Waals surface area (Å²) in [7, 11) is 1.94. The summed E-state index contributed by atoms with van der Waals surface area (Å²) in [5.74, 6) is -0.144. The van der Waals surface area contributed by atoms with E-state index in [4.69, 9.17) is 0 Å². The van der Waals surface area contributed by atoms with Gasteiger partial charge < -0.3 is 5.32 Å². The third-order valence-corrected chi connectivity index (χ3v) is 2.96. The van der Waals surface area contributed by atoms with Crippen molar-refractivity contribution in [3.05, 3.63) is 35.6 Å². The maximum atomic E-state index is 13.1. The van der Waals surface area contributed by atoms with Gasteiger partial charge in [-0.25, -0.2) is 4.39 Å². The van der Waals surface area contributed by atoms with Crippen LogP contribution in [0, 0.1) is 5.82 Å². The molecule has 0 spiro atoms. The largest absolute Gasteiger partial charge is 0.318 e. The summed E-state index contributed by atoms with van der Waals surface area (Å²) in [6.45, 7) is 3.13. The summed E-state index contributed by atoms with van der Waals surface area (Å²) in [5, 5.41) is 3.17. The molecule has 1 unspecified atom stereocenters. The Morgan fingerprint density at radius 2 is 2.27 bits per heavy atom. The molecule has 0 radical (unpaired) electrons. The van der Waals surface area contributed by atoms with Crippen molar-refractivity contribution in [3.8, 4) is 0 Å². The van der Waals surface area contributed by atoms with Crippen LogP contribution in [0.15, 0.2) is 24.3 Å². The molecule has 15 heavy (non-hydrogen) atoms. The second-order valence-electron chi connectivity index (χ2n) is 4.02. The van der Waals surface area contributed by atoms with Crippen molar-refractivity contribution in [2.24, 2.45) is 0 Å². The lowest BCUT2D eigenvalue weighted by Crippen LogP contribution is -2.43. The van der Waals surface area contributed by atoms with Crippen LogP contribution >= 0.6 is 0 Å². The van der Waals surface area contributed by atoms with Crippen molar-refractivity contribution in [2.45, 2.75) is 12.5 Å². The highest BCUT2D eigenvalue weighted by atomic mass is 19.1. The van der Waals surface area contributed by atoms with Crippen LogP contribution in [0.25, 0.3) is 0 Å². The van der Waals surface area contributed by atoms with E-state index in [2.05, 4.69) is 10.2 Å². The number of likely N-dealkylation sites (tertiary alicyclic amines) is 1. The molecule has 1 fully saturated rings. The summed E-state index contributed by atoms with van der Waals surface area (Å²) >= 11 is 0. The predicted octanol–water partition coefficient (Wildman–Crippen LogP) is 1.79. The zero-order valence-corrected chi connectivity index (χ0v) is 9.04. The van der Waals surface area contributed by atoms with E-state index in [0.717, 1.165) is 25.2 Å². The minimum absolute atomic E-state index is 0.144. The van der Waals surface area contributed by atoms with E-state index < -0.39 is 0 Å². The van der Waals surface area contributed by atoms with Crippen molar-refractivity contribution in [1.82, 2.24) is 10.2 Å². The Balaban J connectivity index is 2.15. The lowest BCUT2D eigenvalue weighted by molar-refractivity contribution is 0.117. The van der Waals surface area contributed by atoms with Crippen LogP contribution in [-0.2, 0) is 0 Å². The Morgan fingerprint density at radius 1 is 1.47 bits per heavy atom. The van der Waals surface area contributed by atoms with Crippen molar-refractivity contribution in [3.63, 3.8) is 0 Å². The van der Waals surface area contributed by atoms with Crippen LogP contribution in [0.2, 0.25) is 0 Å². The Labute approximate surface area is 90.1 Å². The summed E-state index contributed by atoms with van der Waals surface area (Å²) in [4.78, 5) is 2.38. The molecule has 1 N–H and O–H groups in total. The average molecular weight is 208 g/mol. The van der Waals surface area contributed by atoms with Gasteiger partial charge in [-0.2, -0.15) is 0 Å². The molecule has 1 saturated heterocycles. The van der Waals surface area contributed by atoms with Crippen molar-refractivity contribution in [1.29, 1.82) is 0 Å². The Hall–Kier alpha value is -0.930. The van der Waals surface area contributed by atoms with Crippen molar-refractivity contribution < 1.29 is 4.39 Å². The maximum absolute atomic E-state index is 13.1. The van der Waals surface area contributed by atoms with E-state index in [1.54, 1.807) is 12.1 Å². The molecule has 2 rings (SSSR count). The molecular formula is C12H17FN2. The zero-order chi connectivity index (χ0) is 10.7. The first-order chi connectivity index (χ1) is 7.31. The van der Waals surface area contributed by atoms with Gasteiger partial charge in [-0.1, -0.05) is 12.1 Å². The van der Waals surface area contributed by atoms with Gasteiger partial charge in [0, 0.05) is 25.7 Å². The number of halogens is 1. The molecule has 1 atom stereocenters. The molecule has 0 aromatic heterocycles. The SMILES string of the molecule is CNCC(c1cccc(F)c1)N1CCC1. The van der Waals surface area contributed by atoms with Gasteiger partial charge in [0.15, 0.2) is 0 Å². The molecule has 0 amide bonds. The fraction of sp³-hybridized carbons (Fsp3) is 0.500. The standard InChI is InChI=1S/C12H17FN2/c1-14-9-12(15-6-3-7-15)10-4-2-5-11(13)8-10/h2,4-5,8,12,14H,3,6-7,9H2,1H3. The molecule has 1 aliphatic heterocycles. The number of rotatable bonds is 4. The first-order valence-electron chi connectivity index (χ1n) is 5.45. The summed E-state index contributed by atoms with van der Waals surface area (Å²) in [5.41, 5.74) is 1.07. The van der Waals surface area contributed by atoms with Gasteiger partial charge in [0.05, 0.1) is 0 Å². The summed E-state index contributed by atoms with van der Waals surface area (Å²) in [6.07, 6.45) is 1.26. The molecule has 1 heterocycles. The first kappa shape index (κ1) is 10.6. The number of nitrogens with one attached hydrogen (secondary N) is 1. The van der Waals surface area contributed by atoms with E-state index >= 15 is 0 Å². The highest BCUT2D eigenvalue weighted by Crippen LogP contribution is 2.25. The number of nitrogens with zero attached hydrogens (tertiary/aromatic N) is 1. The topological polar surface area (TPSA) is 15.3 Å². The van der Waals surface area contributed by atoms with Gasteiger partial charge in [-0.3, -0.25) is 4.90 Å². The third-order valence-electron chi connectivity index (χ3n) is 2.96. The molecular weight excluding hydrogens is 191 g/mol. The van der Waals surface area contributed by atoms with E-state index in [1.165, 1.54) is 12.5 Å². The predicted molar refractivity (Wildman–Crippen MR) is 59.3 cm³/mol. The molecule has 0 saturated carbocycles. The van der Waals surface area contributed by atoms with Crippen LogP contribution in [0.3, 0.4) is 0 Å². The zero-order valence-electron chi connectivity index (χ0n) is 9.04. The lowest BCUT2D eigenvalue weighted by Gasteiger charge is -2.38. The number of hydrogen-bond donors (Lipinski definition) is 1. The van der Waals surface area contributed by atoms with Gasteiger partial charge in [0.25, 0.3) is 0 Å². The van der Waals surface area contributed by atoms with Gasteiger partial charge in [0.2, 0.25) is 0 Å². The van der Waals surface area contributed by atoms with E-state index in [-0.39, 0.29) is 5.82 Å². The minimum atomic E-state index is -0.144. The molecule has 82 valence electrons. The number of benzene rings is 1. The molecule has 1 aliphatic rings. The molecule has 0 bridgehead atoms. The Bertz CT molecular complexity index is 323. The Morgan fingerprint density at radius 3 is 2.80 bits per heavy atom. The summed E-state index contributed by atoms with van der Waals surface area (Å²) < 4.78 is 13.1. The summed E-state index contributed by atoms with van der Waals surface area (Å²) in [6, 6.07) is 7.24. The van der Waals surface area contributed by atoms with Crippen molar-refractivity contribution >= 4 is 0 Å². The van der Waals surface area contributed by atoms with Gasteiger partial charge in [-0.15, -0.1) is 0 Å². The second-order valence-corrected chi connectivity index (χ2v) is 4.02. The van der Waals surface area contributed by atoms with E-state index in [9.17, 15) is 4.39 Å². The van der Waals surface area contributed by atoms with Crippen LogP contribution in [0.1, 0.15) is 18.0 Å². The number of likely N-dealkylation sites (N-methyl/N-ethyl adjacent to an activating group) is 1. The highest BCUT2D eigenvalue weighted by Gasteiger charge is 2.24. The number of hydrogen-bond acceptors (Lipinski definition) is 2. The quantitative estimate of drug-likeness (QED) is 0.811. The molecule has 1 aromatic carbocycles. The monoisotopic (exact) mass is 208 g/mol. The molecule has 2 nitrogen and oxygen atoms in total. The minimum Gasteiger partial charge on any atom is -0.318 e. The average Bonchev–Trinajstić information content (AvgIpc) is 2.14. The smallest absolute Gasteiger partial charge is 0.123 e. The van der Waals surface area contributed by atoms with E-state index in [0.29, 0.717) is 6.04 Å². The maximum Gasteiger partial charge on any atom is 0.123 e. The normalized spacial score (nSPS) is 18.5. The van der Waals surface area contributed by atoms with Crippen LogP contribution in [0.5, 0.6) is 0 Å². The molecule has 3 heteroatoms. The fourth-order valence-corrected chi connectivity index (χ4v) is 2.02. The van der Waals surface area contributed by atoms with Crippen LogP contribution < -0.4 is 5.32 Å².